The van der Waals surface area contributed by atoms with Gasteiger partial charge in [-0.15, -0.1) is 0 Å². The van der Waals surface area contributed by atoms with Gasteiger partial charge in [0.25, 0.3) is 0 Å². The fraction of sp³-hybridized carbons (Fsp3) is 0.375. The third-order valence-corrected chi connectivity index (χ3v) is 3.84. The van der Waals surface area contributed by atoms with Gasteiger partial charge in [0, 0.05) is 0 Å². The Bertz CT molecular complexity index is 690. The Balaban J connectivity index is 2.42. The first-order chi connectivity index (χ1) is 10.8. The van der Waals surface area contributed by atoms with Crippen molar-refractivity contribution >= 4 is 29.0 Å². The number of amidine groups is 1. The number of nitrogens with two attached hydrogens (primary N) is 3. The summed E-state index contributed by atoms with van der Waals surface area (Å²) >= 11 is 0. The second kappa shape index (κ2) is 6.60. The third kappa shape index (κ3) is 3.74. The quantitative estimate of drug-likeness (QED) is 0.498. The average molecular weight is 313 g/mol. The van der Waals surface area contributed by atoms with Gasteiger partial charge >= 0.3 is 0 Å². The number of nitrogens with one attached hydrogen (secondary N) is 1. The van der Waals surface area contributed by atoms with Gasteiger partial charge in [-0.25, -0.2) is 9.98 Å². The molecular weight excluding hydrogens is 290 g/mol. The molecule has 0 fully saturated rings. The highest BCUT2D eigenvalue weighted by molar-refractivity contribution is 6.47. The highest BCUT2D eigenvalue weighted by atomic mass is 15.1. The van der Waals surface area contributed by atoms with E-state index in [9.17, 15) is 0 Å². The average Bonchev–Trinajstić information content (AvgIpc) is 2.46. The van der Waals surface area contributed by atoms with Crippen LogP contribution < -0.4 is 17.2 Å². The maximum Gasteiger partial charge on any atom is 0.222 e. The number of aryl methyl sites for hydroxylation is 1. The van der Waals surface area contributed by atoms with Gasteiger partial charge in [0.1, 0.15) is 17.2 Å². The van der Waals surface area contributed by atoms with E-state index in [4.69, 9.17) is 22.6 Å². The van der Waals surface area contributed by atoms with Gasteiger partial charge in [0.2, 0.25) is 5.95 Å². The topological polar surface area (TPSA) is 140 Å². The molecule has 7 N–H and O–H groups in total. The number of hydrogen-bond donors (Lipinski definition) is 4. The van der Waals surface area contributed by atoms with Crippen LogP contribution in [-0.2, 0) is 0 Å². The molecule has 1 aliphatic carbocycles. The second-order valence-electron chi connectivity index (χ2n) is 5.94. The second-order valence-corrected chi connectivity index (χ2v) is 5.94. The Hall–Kier alpha value is -2.70. The van der Waals surface area contributed by atoms with Crippen LogP contribution in [0.15, 0.2) is 28.8 Å². The summed E-state index contributed by atoms with van der Waals surface area (Å²) in [5.41, 5.74) is 19.3. The lowest BCUT2D eigenvalue weighted by molar-refractivity contribution is 0.467. The molecule has 2 rings (SSSR count). The number of anilines is 2. The first kappa shape index (κ1) is 16.7. The Kier molecular flexibility index (Phi) is 4.78. The van der Waals surface area contributed by atoms with Crippen molar-refractivity contribution in [2.45, 2.75) is 27.2 Å². The van der Waals surface area contributed by atoms with Crippen LogP contribution in [0.3, 0.4) is 0 Å². The molecular formula is C16H23N7. The number of aromatic nitrogens is 2. The summed E-state index contributed by atoms with van der Waals surface area (Å²) in [6.45, 7) is 6.11. The molecule has 7 heteroatoms. The Morgan fingerprint density at radius 1 is 1.35 bits per heavy atom. The summed E-state index contributed by atoms with van der Waals surface area (Å²) < 4.78 is 0. The molecule has 1 aromatic heterocycles. The van der Waals surface area contributed by atoms with Crippen molar-refractivity contribution in [3.05, 3.63) is 29.5 Å². The minimum absolute atomic E-state index is 0.0971. The smallest absolute Gasteiger partial charge is 0.222 e. The summed E-state index contributed by atoms with van der Waals surface area (Å²) in [6.07, 6.45) is 7.03. The molecule has 23 heavy (non-hydrogen) atoms. The first-order valence-corrected chi connectivity index (χ1v) is 7.51. The molecule has 0 amide bonds. The van der Waals surface area contributed by atoms with E-state index in [1.807, 2.05) is 6.08 Å². The molecule has 0 aliphatic heterocycles. The number of nitrogen functional groups attached to an aromatic ring is 2. The predicted molar refractivity (Wildman–Crippen MR) is 94.8 cm³/mol. The van der Waals surface area contributed by atoms with Gasteiger partial charge in [0.15, 0.2) is 5.82 Å². The normalized spacial score (nSPS) is 18.2. The van der Waals surface area contributed by atoms with E-state index < -0.39 is 0 Å². The van der Waals surface area contributed by atoms with Gasteiger partial charge < -0.3 is 17.2 Å². The van der Waals surface area contributed by atoms with Crippen molar-refractivity contribution in [1.82, 2.24) is 9.97 Å². The molecule has 1 heterocycles. The molecule has 0 radical (unpaired) electrons. The van der Waals surface area contributed by atoms with Crippen molar-refractivity contribution in [1.29, 1.82) is 5.41 Å². The lowest BCUT2D eigenvalue weighted by atomic mass is 9.86. The SMILES string of the molecule is Cc1nc(N)nc(N)c1N=C(C(=N)N)C1=CCC(C(C)C)C=C1. The lowest BCUT2D eigenvalue weighted by Crippen LogP contribution is -2.25. The Labute approximate surface area is 135 Å². The Morgan fingerprint density at radius 2 is 2.04 bits per heavy atom. The van der Waals surface area contributed by atoms with Crippen molar-refractivity contribution < 1.29 is 0 Å². The summed E-state index contributed by atoms with van der Waals surface area (Å²) in [4.78, 5) is 12.4. The zero-order chi connectivity index (χ0) is 17.1. The molecule has 0 bridgehead atoms. The lowest BCUT2D eigenvalue weighted by Gasteiger charge is -2.20. The minimum Gasteiger partial charge on any atom is -0.382 e. The van der Waals surface area contributed by atoms with E-state index >= 15 is 0 Å². The van der Waals surface area contributed by atoms with E-state index in [0.717, 1.165) is 12.0 Å². The number of rotatable bonds is 4. The summed E-state index contributed by atoms with van der Waals surface area (Å²) in [5, 5.41) is 7.82. The van der Waals surface area contributed by atoms with Crippen molar-refractivity contribution in [3.8, 4) is 0 Å². The van der Waals surface area contributed by atoms with E-state index in [0.29, 0.717) is 28.9 Å². The maximum absolute atomic E-state index is 7.82. The van der Waals surface area contributed by atoms with Crippen molar-refractivity contribution in [3.63, 3.8) is 0 Å². The fourth-order valence-corrected chi connectivity index (χ4v) is 2.45. The van der Waals surface area contributed by atoms with Gasteiger partial charge in [0.05, 0.1) is 5.69 Å². The van der Waals surface area contributed by atoms with Crippen LogP contribution in [0.5, 0.6) is 0 Å². The molecule has 1 unspecified atom stereocenters. The van der Waals surface area contributed by atoms with Crippen molar-refractivity contribution in [2.24, 2.45) is 22.6 Å². The molecule has 0 aromatic carbocycles. The van der Waals surface area contributed by atoms with Crippen LogP contribution in [0.2, 0.25) is 0 Å². The van der Waals surface area contributed by atoms with Crippen molar-refractivity contribution in [2.75, 3.05) is 11.5 Å². The fourth-order valence-electron chi connectivity index (χ4n) is 2.45. The van der Waals surface area contributed by atoms with Crippen LogP contribution >= 0.6 is 0 Å². The highest BCUT2D eigenvalue weighted by Gasteiger charge is 2.18. The predicted octanol–water partition coefficient (Wildman–Crippen LogP) is 2.12. The molecule has 0 saturated carbocycles. The number of allylic oxidation sites excluding steroid dienone is 3. The summed E-state index contributed by atoms with van der Waals surface area (Å²) in [7, 11) is 0. The van der Waals surface area contributed by atoms with Gasteiger partial charge in [-0.05, 0) is 30.8 Å². The van der Waals surface area contributed by atoms with Crippen LogP contribution in [0, 0.1) is 24.2 Å². The standard InChI is InChI=1S/C16H23N7/c1-8(2)10-4-6-11(7-5-10)13(14(17)18)22-12-9(3)21-16(20)23-15(12)19/h4,6-8,10H,5H2,1-3H3,(H3,17,18)(H4,19,20,21,23). The zero-order valence-electron chi connectivity index (χ0n) is 13.7. The number of aliphatic imine (C=N–C) groups is 1. The van der Waals surface area contributed by atoms with E-state index in [-0.39, 0.29) is 17.6 Å². The number of hydrogen-bond acceptors (Lipinski definition) is 6. The zero-order valence-corrected chi connectivity index (χ0v) is 13.7. The van der Waals surface area contributed by atoms with E-state index in [1.165, 1.54) is 0 Å². The minimum atomic E-state index is -0.125. The van der Waals surface area contributed by atoms with Crippen LogP contribution in [-0.4, -0.2) is 21.5 Å². The maximum atomic E-state index is 7.82. The van der Waals surface area contributed by atoms with Gasteiger partial charge in [-0.3, -0.25) is 5.41 Å². The summed E-state index contributed by atoms with van der Waals surface area (Å²) in [6, 6.07) is 0. The van der Waals surface area contributed by atoms with Gasteiger partial charge in [-0.2, -0.15) is 4.98 Å². The van der Waals surface area contributed by atoms with E-state index in [1.54, 1.807) is 6.92 Å². The molecule has 122 valence electrons. The van der Waals surface area contributed by atoms with Gasteiger partial charge in [-0.1, -0.05) is 32.1 Å². The first-order valence-electron chi connectivity index (χ1n) is 7.51. The molecule has 0 saturated heterocycles. The molecule has 1 aromatic rings. The summed E-state index contributed by atoms with van der Waals surface area (Å²) in [5.74, 6) is 1.19. The molecule has 0 spiro atoms. The molecule has 7 nitrogen and oxygen atoms in total. The highest BCUT2D eigenvalue weighted by Crippen LogP contribution is 2.28. The van der Waals surface area contributed by atoms with Crippen LogP contribution in [0.1, 0.15) is 26.0 Å². The van der Waals surface area contributed by atoms with E-state index in [2.05, 4.69) is 41.0 Å². The molecule has 1 atom stereocenters. The number of nitrogens with zero attached hydrogens (tertiary/aromatic N) is 3. The van der Waals surface area contributed by atoms with Crippen LogP contribution in [0.25, 0.3) is 0 Å². The monoisotopic (exact) mass is 313 g/mol. The third-order valence-electron chi connectivity index (χ3n) is 3.84. The Morgan fingerprint density at radius 3 is 2.52 bits per heavy atom. The van der Waals surface area contributed by atoms with Crippen LogP contribution in [0.4, 0.5) is 17.5 Å². The largest absolute Gasteiger partial charge is 0.382 e. The molecule has 1 aliphatic rings.